The second kappa shape index (κ2) is 3.82. The van der Waals surface area contributed by atoms with Crippen LogP contribution in [-0.2, 0) is 0 Å². The van der Waals surface area contributed by atoms with Crippen molar-refractivity contribution < 1.29 is 0 Å². The van der Waals surface area contributed by atoms with E-state index >= 15 is 0 Å². The molecule has 2 N–H and O–H groups in total. The summed E-state index contributed by atoms with van der Waals surface area (Å²) >= 11 is 1.17. The molecule has 0 spiro atoms. The van der Waals surface area contributed by atoms with Crippen molar-refractivity contribution in [1.82, 2.24) is 13.6 Å². The molecule has 1 unspecified atom stereocenters. The first kappa shape index (κ1) is 9.41. The topological polar surface area (TPSA) is 55.0 Å². The van der Waals surface area contributed by atoms with Gasteiger partial charge in [-0.2, -0.15) is 8.75 Å². The normalized spacial score (nSPS) is 13.7. The minimum absolute atomic E-state index is 0.258. The molecular formula is C7H14N4S. The summed E-state index contributed by atoms with van der Waals surface area (Å²) in [7, 11) is 2.05. The molecule has 0 fully saturated rings. The van der Waals surface area contributed by atoms with Gasteiger partial charge in [0.1, 0.15) is 5.69 Å². The molecule has 0 aliphatic heterocycles. The van der Waals surface area contributed by atoms with Crippen LogP contribution >= 0.6 is 11.7 Å². The summed E-state index contributed by atoms with van der Waals surface area (Å²) in [5, 5.41) is 0. The number of aromatic nitrogens is 2. The Morgan fingerprint density at radius 2 is 2.25 bits per heavy atom. The zero-order valence-electron chi connectivity index (χ0n) is 7.61. The number of rotatable bonds is 3. The first-order valence-corrected chi connectivity index (χ1v) is 4.68. The van der Waals surface area contributed by atoms with Crippen LogP contribution in [0, 0.1) is 0 Å². The minimum Gasteiger partial charge on any atom is -0.381 e. The summed E-state index contributed by atoms with van der Waals surface area (Å²) in [5.41, 5.74) is 6.54. The molecule has 0 radical (unpaired) electrons. The summed E-state index contributed by atoms with van der Waals surface area (Å²) in [6.07, 6.45) is 0. The maximum absolute atomic E-state index is 5.64. The van der Waals surface area contributed by atoms with Gasteiger partial charge in [0.05, 0.1) is 17.8 Å². The fourth-order valence-corrected chi connectivity index (χ4v) is 1.53. The van der Waals surface area contributed by atoms with Crippen LogP contribution in [0.1, 0.15) is 25.6 Å². The van der Waals surface area contributed by atoms with Gasteiger partial charge in [-0.3, -0.25) is 4.90 Å². The van der Waals surface area contributed by atoms with Crippen molar-refractivity contribution in [2.75, 3.05) is 19.3 Å². The SMILES string of the molecule is CCN(C)C(C)c1nsnc1N. The average molecular weight is 186 g/mol. The zero-order valence-corrected chi connectivity index (χ0v) is 8.43. The van der Waals surface area contributed by atoms with E-state index in [1.807, 2.05) is 7.05 Å². The number of nitrogens with two attached hydrogens (primary N) is 1. The molecule has 5 heteroatoms. The molecule has 1 aromatic rings. The lowest BCUT2D eigenvalue weighted by molar-refractivity contribution is 0.273. The lowest BCUT2D eigenvalue weighted by atomic mass is 10.2. The van der Waals surface area contributed by atoms with Crippen molar-refractivity contribution in [2.45, 2.75) is 19.9 Å². The Hall–Kier alpha value is -0.680. The summed E-state index contributed by atoms with van der Waals surface area (Å²) in [4.78, 5) is 2.17. The Morgan fingerprint density at radius 1 is 1.58 bits per heavy atom. The van der Waals surface area contributed by atoms with Crippen LogP contribution in [0.2, 0.25) is 0 Å². The molecule has 1 rings (SSSR count). The highest BCUT2D eigenvalue weighted by Crippen LogP contribution is 2.21. The fraction of sp³-hybridized carbons (Fsp3) is 0.714. The molecule has 1 aromatic heterocycles. The smallest absolute Gasteiger partial charge is 0.162 e. The number of nitrogen functional groups attached to an aromatic ring is 1. The van der Waals surface area contributed by atoms with Crippen LogP contribution in [0.15, 0.2) is 0 Å². The van der Waals surface area contributed by atoms with Crippen LogP contribution in [0.5, 0.6) is 0 Å². The Kier molecular flexibility index (Phi) is 2.99. The zero-order chi connectivity index (χ0) is 9.14. The van der Waals surface area contributed by atoms with E-state index in [1.54, 1.807) is 0 Å². The second-order valence-electron chi connectivity index (χ2n) is 2.78. The maximum Gasteiger partial charge on any atom is 0.162 e. The molecule has 1 heterocycles. The van der Waals surface area contributed by atoms with Gasteiger partial charge in [0.2, 0.25) is 0 Å². The highest BCUT2D eigenvalue weighted by molar-refractivity contribution is 6.99. The van der Waals surface area contributed by atoms with Crippen LogP contribution in [0.25, 0.3) is 0 Å². The molecule has 0 saturated carbocycles. The summed E-state index contributed by atoms with van der Waals surface area (Å²) < 4.78 is 8.08. The van der Waals surface area contributed by atoms with Gasteiger partial charge in [0, 0.05) is 0 Å². The monoisotopic (exact) mass is 186 g/mol. The van der Waals surface area contributed by atoms with E-state index in [0.717, 1.165) is 12.2 Å². The van der Waals surface area contributed by atoms with Crippen LogP contribution in [-0.4, -0.2) is 27.2 Å². The number of hydrogen-bond donors (Lipinski definition) is 1. The maximum atomic E-state index is 5.64. The van der Waals surface area contributed by atoms with E-state index in [1.165, 1.54) is 11.7 Å². The molecule has 0 amide bonds. The third-order valence-electron chi connectivity index (χ3n) is 2.10. The van der Waals surface area contributed by atoms with E-state index in [-0.39, 0.29) is 6.04 Å². The lowest BCUT2D eigenvalue weighted by Gasteiger charge is -2.20. The van der Waals surface area contributed by atoms with Crippen LogP contribution in [0.3, 0.4) is 0 Å². The van der Waals surface area contributed by atoms with E-state index in [4.69, 9.17) is 5.73 Å². The molecule has 0 saturated heterocycles. The van der Waals surface area contributed by atoms with Crippen molar-refractivity contribution >= 4 is 17.5 Å². The number of nitrogens with zero attached hydrogens (tertiary/aromatic N) is 3. The Morgan fingerprint density at radius 3 is 2.67 bits per heavy atom. The standard InChI is InChI=1S/C7H14N4S/c1-4-11(3)5(2)6-7(8)10-12-9-6/h5H,4H2,1-3H3,(H2,8,10). The van der Waals surface area contributed by atoms with Gasteiger partial charge in [-0.25, -0.2) is 0 Å². The predicted molar refractivity (Wildman–Crippen MR) is 51.0 cm³/mol. The van der Waals surface area contributed by atoms with Gasteiger partial charge in [0.25, 0.3) is 0 Å². The minimum atomic E-state index is 0.258. The van der Waals surface area contributed by atoms with E-state index in [0.29, 0.717) is 5.82 Å². The van der Waals surface area contributed by atoms with Crippen molar-refractivity contribution in [3.8, 4) is 0 Å². The molecule has 0 aliphatic rings. The third kappa shape index (κ3) is 1.73. The van der Waals surface area contributed by atoms with Crippen LogP contribution < -0.4 is 5.73 Å². The summed E-state index contributed by atoms with van der Waals surface area (Å²) in [5.74, 6) is 0.563. The van der Waals surface area contributed by atoms with E-state index < -0.39 is 0 Å². The molecular weight excluding hydrogens is 172 g/mol. The first-order chi connectivity index (χ1) is 5.66. The van der Waals surface area contributed by atoms with Crippen molar-refractivity contribution in [3.05, 3.63) is 5.69 Å². The van der Waals surface area contributed by atoms with Crippen molar-refractivity contribution in [3.63, 3.8) is 0 Å². The second-order valence-corrected chi connectivity index (χ2v) is 3.31. The van der Waals surface area contributed by atoms with Gasteiger partial charge in [0.15, 0.2) is 5.82 Å². The highest BCUT2D eigenvalue weighted by atomic mass is 32.1. The van der Waals surface area contributed by atoms with Gasteiger partial charge in [-0.1, -0.05) is 6.92 Å². The molecule has 4 nitrogen and oxygen atoms in total. The molecule has 68 valence electrons. The van der Waals surface area contributed by atoms with Gasteiger partial charge >= 0.3 is 0 Å². The summed E-state index contributed by atoms with van der Waals surface area (Å²) in [6, 6.07) is 0.258. The Balaban J connectivity index is 2.77. The lowest BCUT2D eigenvalue weighted by Crippen LogP contribution is -2.22. The number of hydrogen-bond acceptors (Lipinski definition) is 5. The summed E-state index contributed by atoms with van der Waals surface area (Å²) in [6.45, 7) is 5.17. The third-order valence-corrected chi connectivity index (χ3v) is 2.65. The number of anilines is 1. The first-order valence-electron chi connectivity index (χ1n) is 3.95. The van der Waals surface area contributed by atoms with Crippen molar-refractivity contribution in [2.24, 2.45) is 0 Å². The van der Waals surface area contributed by atoms with Gasteiger partial charge < -0.3 is 5.73 Å². The molecule has 0 aromatic carbocycles. The van der Waals surface area contributed by atoms with E-state index in [9.17, 15) is 0 Å². The Bertz CT molecular complexity index is 247. The van der Waals surface area contributed by atoms with E-state index in [2.05, 4.69) is 27.5 Å². The Labute approximate surface area is 76.7 Å². The van der Waals surface area contributed by atoms with Gasteiger partial charge in [-0.15, -0.1) is 0 Å². The predicted octanol–water partition coefficient (Wildman–Crippen LogP) is 1.13. The largest absolute Gasteiger partial charge is 0.381 e. The van der Waals surface area contributed by atoms with Crippen molar-refractivity contribution in [1.29, 1.82) is 0 Å². The molecule has 0 aliphatic carbocycles. The van der Waals surface area contributed by atoms with Crippen LogP contribution in [0.4, 0.5) is 5.82 Å². The fourth-order valence-electron chi connectivity index (χ4n) is 0.975. The molecule has 12 heavy (non-hydrogen) atoms. The molecule has 1 atom stereocenters. The van der Waals surface area contributed by atoms with Gasteiger partial charge in [-0.05, 0) is 20.5 Å². The molecule has 0 bridgehead atoms. The quantitative estimate of drug-likeness (QED) is 0.769. The average Bonchev–Trinajstić information content (AvgIpc) is 2.48. The highest BCUT2D eigenvalue weighted by Gasteiger charge is 2.16.